The second kappa shape index (κ2) is 6.02. The Morgan fingerprint density at radius 3 is 2.86 bits per heavy atom. The summed E-state index contributed by atoms with van der Waals surface area (Å²) in [6.07, 6.45) is 6.19. The SMILES string of the molecule is CC(C)(F)Cn1ncc2cnc(-c3[nH]ncc3NC(=O)N3CC4CC4C3)cc21. The van der Waals surface area contributed by atoms with Gasteiger partial charge in [-0.25, -0.2) is 9.18 Å². The van der Waals surface area contributed by atoms with Gasteiger partial charge in [0, 0.05) is 24.7 Å². The van der Waals surface area contributed by atoms with E-state index in [1.165, 1.54) is 20.3 Å². The third-order valence-corrected chi connectivity index (χ3v) is 5.46. The molecule has 2 amide bonds. The van der Waals surface area contributed by atoms with Crippen LogP contribution in [0.1, 0.15) is 20.3 Å². The Labute approximate surface area is 161 Å². The average molecular weight is 383 g/mol. The number of urea groups is 1. The Morgan fingerprint density at radius 1 is 1.32 bits per heavy atom. The Hall–Kier alpha value is -2.97. The molecule has 0 radical (unpaired) electrons. The zero-order chi connectivity index (χ0) is 19.5. The fourth-order valence-corrected chi connectivity index (χ4v) is 3.93. The summed E-state index contributed by atoms with van der Waals surface area (Å²) in [7, 11) is 0. The number of H-pyrrole nitrogens is 1. The molecule has 8 nitrogen and oxygen atoms in total. The van der Waals surface area contributed by atoms with Gasteiger partial charge < -0.3 is 10.2 Å². The van der Waals surface area contributed by atoms with E-state index in [4.69, 9.17) is 0 Å². The molecule has 2 atom stereocenters. The first kappa shape index (κ1) is 17.2. The van der Waals surface area contributed by atoms with Gasteiger partial charge in [0.15, 0.2) is 0 Å². The summed E-state index contributed by atoms with van der Waals surface area (Å²) in [5, 5.41) is 15.0. The molecule has 2 unspecified atom stereocenters. The summed E-state index contributed by atoms with van der Waals surface area (Å²) in [5.74, 6) is 1.36. The van der Waals surface area contributed by atoms with Crippen molar-refractivity contribution < 1.29 is 9.18 Å². The maximum Gasteiger partial charge on any atom is 0.321 e. The van der Waals surface area contributed by atoms with E-state index in [-0.39, 0.29) is 12.6 Å². The highest BCUT2D eigenvalue weighted by Crippen LogP contribution is 2.45. The van der Waals surface area contributed by atoms with Crippen LogP contribution in [0.4, 0.5) is 14.9 Å². The first-order valence-electron chi connectivity index (χ1n) is 9.47. The van der Waals surface area contributed by atoms with Crippen molar-refractivity contribution >= 4 is 22.6 Å². The van der Waals surface area contributed by atoms with E-state index in [0.717, 1.165) is 24.0 Å². The molecule has 1 saturated carbocycles. The van der Waals surface area contributed by atoms with Crippen LogP contribution >= 0.6 is 0 Å². The Balaban J connectivity index is 1.42. The number of aromatic amines is 1. The number of nitrogens with one attached hydrogen (secondary N) is 2. The minimum Gasteiger partial charge on any atom is -0.324 e. The standard InChI is InChI=1S/C19H22FN7O/c1-19(2,20)10-27-16-4-14(21-5-13(16)6-23-27)17-15(7-22-25-17)24-18(28)26-8-11-3-12(11)9-26/h4-7,11-12H,3,8-10H2,1-2H3,(H,22,25)(H,24,28). The van der Waals surface area contributed by atoms with Crippen LogP contribution in [0, 0.1) is 11.8 Å². The van der Waals surface area contributed by atoms with Gasteiger partial charge in [0.05, 0.1) is 35.8 Å². The smallest absolute Gasteiger partial charge is 0.321 e. The number of piperidine rings is 1. The van der Waals surface area contributed by atoms with Crippen LogP contribution in [-0.4, -0.2) is 54.7 Å². The number of fused-ring (bicyclic) bond motifs is 2. The van der Waals surface area contributed by atoms with Crippen molar-refractivity contribution in [3.63, 3.8) is 0 Å². The fourth-order valence-electron chi connectivity index (χ4n) is 3.93. The monoisotopic (exact) mass is 383 g/mol. The molecule has 0 bridgehead atoms. The van der Waals surface area contributed by atoms with Gasteiger partial charge in [-0.2, -0.15) is 10.2 Å². The lowest BCUT2D eigenvalue weighted by atomic mass is 10.1. The molecule has 3 aromatic heterocycles. The quantitative estimate of drug-likeness (QED) is 0.724. The molecule has 3 aromatic rings. The lowest BCUT2D eigenvalue weighted by Gasteiger charge is -2.18. The van der Waals surface area contributed by atoms with Gasteiger partial charge in [0.25, 0.3) is 0 Å². The number of halogens is 1. The van der Waals surface area contributed by atoms with E-state index in [2.05, 4.69) is 25.6 Å². The van der Waals surface area contributed by atoms with Gasteiger partial charge >= 0.3 is 6.03 Å². The molecule has 0 aromatic carbocycles. The molecular weight excluding hydrogens is 361 g/mol. The molecule has 2 aliphatic rings. The summed E-state index contributed by atoms with van der Waals surface area (Å²) in [4.78, 5) is 18.9. The molecule has 2 N–H and O–H groups in total. The number of carbonyl (C=O) groups is 1. The van der Waals surface area contributed by atoms with Gasteiger partial charge in [0.2, 0.25) is 0 Å². The molecule has 146 valence electrons. The molecule has 2 fully saturated rings. The minimum absolute atomic E-state index is 0.111. The average Bonchev–Trinajstić information content (AvgIpc) is 3.03. The van der Waals surface area contributed by atoms with Crippen LogP contribution in [0.3, 0.4) is 0 Å². The number of anilines is 1. The predicted octanol–water partition coefficient (Wildman–Crippen LogP) is 3.05. The topological polar surface area (TPSA) is 91.7 Å². The lowest BCUT2D eigenvalue weighted by molar-refractivity contribution is 0.182. The van der Waals surface area contributed by atoms with Crippen molar-refractivity contribution in [3.05, 3.63) is 24.7 Å². The van der Waals surface area contributed by atoms with E-state index in [1.54, 1.807) is 23.3 Å². The van der Waals surface area contributed by atoms with Crippen LogP contribution in [0.5, 0.6) is 0 Å². The summed E-state index contributed by atoms with van der Waals surface area (Å²) in [5.41, 5.74) is 1.21. The maximum absolute atomic E-state index is 14.1. The number of amides is 2. The first-order valence-corrected chi connectivity index (χ1v) is 9.47. The number of aromatic nitrogens is 5. The molecular formula is C19H22FN7O. The van der Waals surface area contributed by atoms with Gasteiger partial charge in [-0.15, -0.1) is 0 Å². The highest BCUT2D eigenvalue weighted by atomic mass is 19.1. The second-order valence-corrected chi connectivity index (χ2v) is 8.40. The van der Waals surface area contributed by atoms with Gasteiger partial charge in [-0.05, 0) is 38.2 Å². The van der Waals surface area contributed by atoms with Gasteiger partial charge in [0.1, 0.15) is 11.4 Å². The largest absolute Gasteiger partial charge is 0.324 e. The van der Waals surface area contributed by atoms with Crippen LogP contribution in [-0.2, 0) is 6.54 Å². The van der Waals surface area contributed by atoms with E-state index in [9.17, 15) is 9.18 Å². The minimum atomic E-state index is -1.38. The highest BCUT2D eigenvalue weighted by molar-refractivity contribution is 5.94. The molecule has 1 aliphatic heterocycles. The highest BCUT2D eigenvalue weighted by Gasteiger charge is 2.46. The van der Waals surface area contributed by atoms with Crippen molar-refractivity contribution in [2.45, 2.75) is 32.5 Å². The van der Waals surface area contributed by atoms with Crippen molar-refractivity contribution in [1.82, 2.24) is 29.9 Å². The Kier molecular flexibility index (Phi) is 3.68. The van der Waals surface area contributed by atoms with E-state index < -0.39 is 5.67 Å². The van der Waals surface area contributed by atoms with Crippen molar-refractivity contribution in [2.75, 3.05) is 18.4 Å². The van der Waals surface area contributed by atoms with Crippen LogP contribution in [0.25, 0.3) is 22.3 Å². The Morgan fingerprint density at radius 2 is 2.11 bits per heavy atom. The number of hydrogen-bond acceptors (Lipinski definition) is 4. The van der Waals surface area contributed by atoms with Gasteiger partial charge in [-0.1, -0.05) is 0 Å². The summed E-state index contributed by atoms with van der Waals surface area (Å²) in [6, 6.07) is 1.72. The lowest BCUT2D eigenvalue weighted by Crippen LogP contribution is -2.34. The third kappa shape index (κ3) is 3.10. The number of nitrogens with zero attached hydrogens (tertiary/aromatic N) is 5. The normalized spacial score (nSPS) is 21.2. The predicted molar refractivity (Wildman–Crippen MR) is 102 cm³/mol. The molecule has 9 heteroatoms. The van der Waals surface area contributed by atoms with Crippen LogP contribution in [0.2, 0.25) is 0 Å². The molecule has 28 heavy (non-hydrogen) atoms. The number of alkyl halides is 1. The van der Waals surface area contributed by atoms with E-state index in [1.807, 2.05) is 11.0 Å². The van der Waals surface area contributed by atoms with Crippen LogP contribution < -0.4 is 5.32 Å². The second-order valence-electron chi connectivity index (χ2n) is 8.40. The zero-order valence-electron chi connectivity index (χ0n) is 15.8. The molecule has 5 rings (SSSR count). The molecule has 1 saturated heterocycles. The van der Waals surface area contributed by atoms with Crippen molar-refractivity contribution in [1.29, 1.82) is 0 Å². The number of carbonyl (C=O) groups excluding carboxylic acids is 1. The third-order valence-electron chi connectivity index (χ3n) is 5.46. The fraction of sp³-hybridized carbons (Fsp3) is 0.474. The zero-order valence-corrected chi connectivity index (χ0v) is 15.8. The van der Waals surface area contributed by atoms with Crippen LogP contribution in [0.15, 0.2) is 24.7 Å². The number of hydrogen-bond donors (Lipinski definition) is 2. The molecule has 1 aliphatic carbocycles. The number of rotatable bonds is 4. The molecule has 4 heterocycles. The Bertz CT molecular complexity index is 1040. The first-order chi connectivity index (χ1) is 13.4. The van der Waals surface area contributed by atoms with Crippen molar-refractivity contribution in [2.24, 2.45) is 11.8 Å². The number of pyridine rings is 1. The summed E-state index contributed by atoms with van der Waals surface area (Å²) < 4.78 is 15.7. The van der Waals surface area contributed by atoms with E-state index in [0.29, 0.717) is 28.9 Å². The maximum atomic E-state index is 14.1. The van der Waals surface area contributed by atoms with Gasteiger partial charge in [-0.3, -0.25) is 14.8 Å². The summed E-state index contributed by atoms with van der Waals surface area (Å²) >= 11 is 0. The number of likely N-dealkylation sites (tertiary alicyclic amines) is 1. The van der Waals surface area contributed by atoms with Crippen molar-refractivity contribution in [3.8, 4) is 11.4 Å². The summed E-state index contributed by atoms with van der Waals surface area (Å²) in [6.45, 7) is 4.84. The molecule has 0 spiro atoms. The van der Waals surface area contributed by atoms with E-state index >= 15 is 0 Å².